The van der Waals surface area contributed by atoms with Gasteiger partial charge in [0.15, 0.2) is 0 Å². The van der Waals surface area contributed by atoms with Crippen LogP contribution in [0, 0.1) is 5.82 Å². The Morgan fingerprint density at radius 3 is 2.75 bits per heavy atom. The van der Waals surface area contributed by atoms with Crippen LogP contribution in [0.2, 0.25) is 0 Å². The molecule has 0 bridgehead atoms. The smallest absolute Gasteiger partial charge is 0.131 e. The Hall–Kier alpha value is -0.420. The highest BCUT2D eigenvalue weighted by Gasteiger charge is 2.02. The Morgan fingerprint density at radius 1 is 1.50 bits per heavy atom. The molecule has 1 N–H and O–H groups in total. The standard InChI is InChI=1S/C9H8FIO/c10-8-4-2-1-3-7(8)9(11)5-6-12/h1-5,12H,6H2. The molecule has 1 rings (SSSR count). The highest BCUT2D eigenvalue weighted by atomic mass is 127. The molecule has 0 aliphatic carbocycles. The molecule has 1 aromatic carbocycles. The van der Waals surface area contributed by atoms with Gasteiger partial charge in [0.25, 0.3) is 0 Å². The molecule has 0 heterocycles. The van der Waals surface area contributed by atoms with Gasteiger partial charge in [0.2, 0.25) is 0 Å². The molecule has 0 atom stereocenters. The zero-order valence-electron chi connectivity index (χ0n) is 6.30. The second-order valence-corrected chi connectivity index (χ2v) is 3.38. The molecule has 0 aliphatic rings. The lowest BCUT2D eigenvalue weighted by molar-refractivity contribution is 0.343. The van der Waals surface area contributed by atoms with Gasteiger partial charge >= 0.3 is 0 Å². The molecule has 0 aromatic heterocycles. The third kappa shape index (κ3) is 2.28. The Balaban J connectivity index is 3.02. The van der Waals surface area contributed by atoms with Gasteiger partial charge in [-0.15, -0.1) is 0 Å². The summed E-state index contributed by atoms with van der Waals surface area (Å²) in [4.78, 5) is 0. The lowest BCUT2D eigenvalue weighted by Crippen LogP contribution is -1.84. The molecule has 0 unspecified atom stereocenters. The van der Waals surface area contributed by atoms with Crippen molar-refractivity contribution in [3.8, 4) is 0 Å². The van der Waals surface area contributed by atoms with Crippen molar-refractivity contribution in [1.82, 2.24) is 0 Å². The quantitative estimate of drug-likeness (QED) is 0.824. The SMILES string of the molecule is OCC=C(I)c1ccccc1F. The minimum atomic E-state index is -0.258. The monoisotopic (exact) mass is 278 g/mol. The first-order chi connectivity index (χ1) is 5.75. The topological polar surface area (TPSA) is 20.2 Å². The van der Waals surface area contributed by atoms with Gasteiger partial charge in [0, 0.05) is 9.14 Å². The van der Waals surface area contributed by atoms with E-state index in [-0.39, 0.29) is 12.4 Å². The molecule has 0 amide bonds. The average molecular weight is 278 g/mol. The van der Waals surface area contributed by atoms with Crippen LogP contribution < -0.4 is 0 Å². The zero-order chi connectivity index (χ0) is 8.97. The molecule has 0 fully saturated rings. The fourth-order valence-electron chi connectivity index (χ4n) is 0.845. The van der Waals surface area contributed by atoms with Crippen molar-refractivity contribution in [2.45, 2.75) is 0 Å². The van der Waals surface area contributed by atoms with Crippen LogP contribution in [0.5, 0.6) is 0 Å². The lowest BCUT2D eigenvalue weighted by Gasteiger charge is -1.99. The Morgan fingerprint density at radius 2 is 2.17 bits per heavy atom. The van der Waals surface area contributed by atoms with E-state index in [1.54, 1.807) is 24.3 Å². The van der Waals surface area contributed by atoms with E-state index in [2.05, 4.69) is 0 Å². The van der Waals surface area contributed by atoms with Gasteiger partial charge in [-0.2, -0.15) is 0 Å². The molecular weight excluding hydrogens is 270 g/mol. The first-order valence-electron chi connectivity index (χ1n) is 3.47. The average Bonchev–Trinajstić information content (AvgIpc) is 2.05. The van der Waals surface area contributed by atoms with Crippen molar-refractivity contribution in [1.29, 1.82) is 0 Å². The van der Waals surface area contributed by atoms with Crippen LogP contribution >= 0.6 is 22.6 Å². The van der Waals surface area contributed by atoms with Crippen molar-refractivity contribution >= 4 is 26.2 Å². The van der Waals surface area contributed by atoms with Gasteiger partial charge in [-0.1, -0.05) is 18.2 Å². The summed E-state index contributed by atoms with van der Waals surface area (Å²) in [6, 6.07) is 6.49. The predicted molar refractivity (Wildman–Crippen MR) is 55.5 cm³/mol. The summed E-state index contributed by atoms with van der Waals surface area (Å²) < 4.78 is 13.8. The maximum atomic E-state index is 13.0. The second-order valence-electron chi connectivity index (χ2n) is 2.21. The summed E-state index contributed by atoms with van der Waals surface area (Å²) >= 11 is 1.99. The van der Waals surface area contributed by atoms with Gasteiger partial charge in [0.1, 0.15) is 5.82 Å². The Kier molecular flexibility index (Phi) is 3.68. The van der Waals surface area contributed by atoms with Crippen LogP contribution in [0.4, 0.5) is 4.39 Å². The molecule has 64 valence electrons. The third-order valence-electron chi connectivity index (χ3n) is 1.40. The molecule has 0 spiro atoms. The van der Waals surface area contributed by atoms with E-state index < -0.39 is 0 Å². The minimum absolute atomic E-state index is 0.0629. The van der Waals surface area contributed by atoms with E-state index in [1.165, 1.54) is 6.07 Å². The first kappa shape index (κ1) is 9.67. The number of hydrogen-bond acceptors (Lipinski definition) is 1. The number of aliphatic hydroxyl groups is 1. The summed E-state index contributed by atoms with van der Waals surface area (Å²) in [5.41, 5.74) is 0.534. The number of rotatable bonds is 2. The van der Waals surface area contributed by atoms with Crippen molar-refractivity contribution in [2.75, 3.05) is 6.61 Å². The Labute approximate surface area is 84.1 Å². The van der Waals surface area contributed by atoms with Gasteiger partial charge in [-0.25, -0.2) is 4.39 Å². The molecule has 0 aliphatic heterocycles. The molecule has 3 heteroatoms. The summed E-state index contributed by atoms with van der Waals surface area (Å²) in [6.07, 6.45) is 1.57. The highest BCUT2D eigenvalue weighted by molar-refractivity contribution is 14.1. The van der Waals surface area contributed by atoms with Gasteiger partial charge in [-0.05, 0) is 34.7 Å². The van der Waals surface area contributed by atoms with Crippen LogP contribution in [-0.4, -0.2) is 11.7 Å². The summed E-state index contributed by atoms with van der Waals surface area (Å²) in [5, 5.41) is 8.59. The first-order valence-corrected chi connectivity index (χ1v) is 4.55. The van der Waals surface area contributed by atoms with Gasteiger partial charge in [-0.3, -0.25) is 0 Å². The fraction of sp³-hybridized carbons (Fsp3) is 0.111. The number of aliphatic hydroxyl groups excluding tert-OH is 1. The summed E-state index contributed by atoms with van der Waals surface area (Å²) in [5.74, 6) is -0.258. The molecular formula is C9H8FIO. The van der Waals surface area contributed by atoms with E-state index in [1.807, 2.05) is 22.6 Å². The van der Waals surface area contributed by atoms with Crippen molar-refractivity contribution in [3.05, 3.63) is 41.7 Å². The van der Waals surface area contributed by atoms with Crippen molar-refractivity contribution in [2.24, 2.45) is 0 Å². The van der Waals surface area contributed by atoms with Crippen molar-refractivity contribution in [3.63, 3.8) is 0 Å². The van der Waals surface area contributed by atoms with Crippen LogP contribution in [0.1, 0.15) is 5.56 Å². The van der Waals surface area contributed by atoms with Gasteiger partial charge < -0.3 is 5.11 Å². The molecule has 0 saturated heterocycles. The minimum Gasteiger partial charge on any atom is -0.392 e. The molecule has 1 nitrogen and oxygen atoms in total. The van der Waals surface area contributed by atoms with E-state index in [0.717, 1.165) is 3.58 Å². The maximum Gasteiger partial charge on any atom is 0.131 e. The van der Waals surface area contributed by atoms with E-state index >= 15 is 0 Å². The van der Waals surface area contributed by atoms with Crippen LogP contribution in [0.15, 0.2) is 30.3 Å². The van der Waals surface area contributed by atoms with Crippen LogP contribution in [0.25, 0.3) is 3.58 Å². The normalized spacial score (nSPS) is 11.8. The molecule has 1 aromatic rings. The largest absolute Gasteiger partial charge is 0.392 e. The molecule has 12 heavy (non-hydrogen) atoms. The predicted octanol–water partition coefficient (Wildman–Crippen LogP) is 2.59. The van der Waals surface area contributed by atoms with E-state index in [9.17, 15) is 4.39 Å². The van der Waals surface area contributed by atoms with Crippen LogP contribution in [-0.2, 0) is 0 Å². The van der Waals surface area contributed by atoms with E-state index in [0.29, 0.717) is 5.56 Å². The molecule has 0 radical (unpaired) electrons. The fourth-order valence-corrected chi connectivity index (χ4v) is 1.48. The third-order valence-corrected chi connectivity index (χ3v) is 2.42. The highest BCUT2D eigenvalue weighted by Crippen LogP contribution is 2.23. The number of benzene rings is 1. The van der Waals surface area contributed by atoms with Crippen molar-refractivity contribution < 1.29 is 9.50 Å². The molecule has 0 saturated carbocycles. The number of hydrogen-bond donors (Lipinski definition) is 1. The van der Waals surface area contributed by atoms with E-state index in [4.69, 9.17) is 5.11 Å². The summed E-state index contributed by atoms with van der Waals surface area (Å²) in [7, 11) is 0. The Bertz CT molecular complexity index is 296. The number of halogens is 2. The zero-order valence-corrected chi connectivity index (χ0v) is 8.45. The summed E-state index contributed by atoms with van der Waals surface area (Å²) in [6.45, 7) is -0.0629. The second kappa shape index (κ2) is 4.57. The van der Waals surface area contributed by atoms with Crippen LogP contribution in [0.3, 0.4) is 0 Å². The van der Waals surface area contributed by atoms with Gasteiger partial charge in [0.05, 0.1) is 6.61 Å². The maximum absolute atomic E-state index is 13.0. The lowest BCUT2D eigenvalue weighted by atomic mass is 10.2.